The Morgan fingerprint density at radius 2 is 1.74 bits per heavy atom. The van der Waals surface area contributed by atoms with E-state index in [1.165, 1.54) is 0 Å². The van der Waals surface area contributed by atoms with Crippen molar-refractivity contribution in [2.75, 3.05) is 63.0 Å². The fourth-order valence-electron chi connectivity index (χ4n) is 5.79. The van der Waals surface area contributed by atoms with Gasteiger partial charge in [-0.25, -0.2) is 24.4 Å². The highest BCUT2D eigenvalue weighted by Crippen LogP contribution is 2.36. The van der Waals surface area contributed by atoms with Crippen LogP contribution in [0, 0.1) is 0 Å². The van der Waals surface area contributed by atoms with Gasteiger partial charge in [-0.2, -0.15) is 5.10 Å². The smallest absolute Gasteiger partial charge is 0.357 e. The number of morpholine rings is 1. The van der Waals surface area contributed by atoms with Crippen LogP contribution in [0.4, 0.5) is 11.6 Å². The molecule has 43 heavy (non-hydrogen) atoms. The summed E-state index contributed by atoms with van der Waals surface area (Å²) in [6.07, 6.45) is 5.53. The molecule has 0 atom stereocenters. The maximum absolute atomic E-state index is 13.1. The standard InChI is InChI=1S/C32H39N7O4/c1-5-43-31(40)27-18-26(22-19-33-32(34-20-22)37(4)23-9-13-41-14-10-23)28-29(21(2)3)36-39(30(28)35-27)25-8-6-7-24(17-25)38-11-15-42-16-12-38/h6-8,17-21,23H,5,9-16H2,1-4H3. The first-order chi connectivity index (χ1) is 20.9. The number of hydrogen-bond donors (Lipinski definition) is 0. The summed E-state index contributed by atoms with van der Waals surface area (Å²) < 4.78 is 18.3. The minimum absolute atomic E-state index is 0.0972. The summed E-state index contributed by atoms with van der Waals surface area (Å²) in [6.45, 7) is 10.8. The third-order valence-corrected chi connectivity index (χ3v) is 8.15. The van der Waals surface area contributed by atoms with Crippen molar-refractivity contribution in [1.29, 1.82) is 0 Å². The van der Waals surface area contributed by atoms with E-state index in [1.54, 1.807) is 13.0 Å². The number of carbonyl (C=O) groups is 1. The molecule has 3 aromatic heterocycles. The Balaban J connectivity index is 1.47. The van der Waals surface area contributed by atoms with Crippen molar-refractivity contribution in [2.24, 2.45) is 0 Å². The van der Waals surface area contributed by atoms with Crippen LogP contribution in [0.1, 0.15) is 55.7 Å². The molecule has 0 radical (unpaired) electrons. The van der Waals surface area contributed by atoms with Crippen LogP contribution in [0.25, 0.3) is 27.8 Å². The molecule has 2 fully saturated rings. The number of ether oxygens (including phenoxy) is 3. The number of pyridine rings is 1. The molecular formula is C32H39N7O4. The minimum atomic E-state index is -0.483. The summed E-state index contributed by atoms with van der Waals surface area (Å²) in [5.74, 6) is 0.273. The van der Waals surface area contributed by atoms with E-state index >= 15 is 0 Å². The zero-order chi connectivity index (χ0) is 29.9. The Morgan fingerprint density at radius 3 is 2.44 bits per heavy atom. The van der Waals surface area contributed by atoms with E-state index in [-0.39, 0.29) is 18.2 Å². The number of nitrogens with zero attached hydrogens (tertiary/aromatic N) is 7. The van der Waals surface area contributed by atoms with Gasteiger partial charge in [0.25, 0.3) is 0 Å². The summed E-state index contributed by atoms with van der Waals surface area (Å²) in [4.78, 5) is 31.8. The molecular weight excluding hydrogens is 546 g/mol. The van der Waals surface area contributed by atoms with Crippen molar-refractivity contribution in [3.8, 4) is 16.8 Å². The van der Waals surface area contributed by atoms with Crippen molar-refractivity contribution in [3.63, 3.8) is 0 Å². The first-order valence-electron chi connectivity index (χ1n) is 15.1. The molecule has 5 heterocycles. The van der Waals surface area contributed by atoms with Crippen LogP contribution in [-0.2, 0) is 14.2 Å². The van der Waals surface area contributed by atoms with Gasteiger partial charge in [0, 0.05) is 68.6 Å². The third kappa shape index (κ3) is 5.92. The van der Waals surface area contributed by atoms with Gasteiger partial charge in [0.15, 0.2) is 11.3 Å². The molecule has 6 rings (SSSR count). The Hall–Kier alpha value is -4.09. The highest BCUT2D eigenvalue weighted by molar-refractivity contribution is 6.00. The molecule has 0 unspecified atom stereocenters. The van der Waals surface area contributed by atoms with E-state index in [0.717, 1.165) is 72.7 Å². The number of hydrogen-bond acceptors (Lipinski definition) is 10. The SMILES string of the molecule is CCOC(=O)c1cc(-c2cnc(N(C)C3CCOCC3)nc2)c2c(C(C)C)nn(-c3cccc(N4CCOCC4)c3)c2n1. The highest BCUT2D eigenvalue weighted by Gasteiger charge is 2.25. The molecule has 0 saturated carbocycles. The Kier molecular flexibility index (Phi) is 8.53. The van der Waals surface area contributed by atoms with E-state index in [4.69, 9.17) is 34.3 Å². The lowest BCUT2D eigenvalue weighted by Crippen LogP contribution is -2.37. The van der Waals surface area contributed by atoms with Gasteiger partial charge < -0.3 is 24.0 Å². The van der Waals surface area contributed by atoms with Gasteiger partial charge in [0.2, 0.25) is 5.95 Å². The van der Waals surface area contributed by atoms with Gasteiger partial charge in [-0.3, -0.25) is 0 Å². The maximum atomic E-state index is 13.1. The van der Waals surface area contributed by atoms with Crippen LogP contribution < -0.4 is 9.80 Å². The molecule has 2 saturated heterocycles. The van der Waals surface area contributed by atoms with Crippen LogP contribution in [0.2, 0.25) is 0 Å². The summed E-state index contributed by atoms with van der Waals surface area (Å²) in [5.41, 5.74) is 5.23. The topological polar surface area (TPSA) is 108 Å². The molecule has 0 bridgehead atoms. The van der Waals surface area contributed by atoms with Crippen molar-refractivity contribution < 1.29 is 19.0 Å². The predicted molar refractivity (Wildman–Crippen MR) is 165 cm³/mol. The average Bonchev–Trinajstić information content (AvgIpc) is 3.45. The lowest BCUT2D eigenvalue weighted by molar-refractivity contribution is 0.0520. The van der Waals surface area contributed by atoms with Gasteiger partial charge in [-0.15, -0.1) is 0 Å². The molecule has 0 amide bonds. The summed E-state index contributed by atoms with van der Waals surface area (Å²) in [7, 11) is 2.03. The van der Waals surface area contributed by atoms with E-state index < -0.39 is 5.97 Å². The number of fused-ring (bicyclic) bond motifs is 1. The van der Waals surface area contributed by atoms with Crippen LogP contribution in [0.3, 0.4) is 0 Å². The van der Waals surface area contributed by atoms with Crippen LogP contribution in [-0.4, -0.2) is 89.9 Å². The molecule has 2 aliphatic heterocycles. The first kappa shape index (κ1) is 29.0. The van der Waals surface area contributed by atoms with Crippen molar-refractivity contribution >= 4 is 28.6 Å². The number of carbonyl (C=O) groups excluding carboxylic acids is 1. The molecule has 0 aliphatic carbocycles. The lowest BCUT2D eigenvalue weighted by atomic mass is 9.99. The predicted octanol–water partition coefficient (Wildman–Crippen LogP) is 4.63. The van der Waals surface area contributed by atoms with Gasteiger partial charge in [0.1, 0.15) is 0 Å². The Labute approximate surface area is 251 Å². The second-order valence-electron chi connectivity index (χ2n) is 11.3. The van der Waals surface area contributed by atoms with Gasteiger partial charge in [-0.05, 0) is 49.9 Å². The second-order valence-corrected chi connectivity index (χ2v) is 11.3. The van der Waals surface area contributed by atoms with E-state index in [2.05, 4.69) is 35.8 Å². The largest absolute Gasteiger partial charge is 0.461 e. The monoisotopic (exact) mass is 585 g/mol. The number of aromatic nitrogens is 5. The minimum Gasteiger partial charge on any atom is -0.461 e. The molecule has 0 spiro atoms. The molecule has 11 heteroatoms. The fraction of sp³-hybridized carbons (Fsp3) is 0.469. The molecule has 11 nitrogen and oxygen atoms in total. The number of benzene rings is 1. The first-order valence-corrected chi connectivity index (χ1v) is 15.1. The van der Waals surface area contributed by atoms with Gasteiger partial charge in [-0.1, -0.05) is 19.9 Å². The molecule has 226 valence electrons. The van der Waals surface area contributed by atoms with Crippen LogP contribution >= 0.6 is 0 Å². The zero-order valence-electron chi connectivity index (χ0n) is 25.3. The zero-order valence-corrected chi connectivity index (χ0v) is 25.3. The molecule has 1 aromatic carbocycles. The molecule has 2 aliphatic rings. The average molecular weight is 586 g/mol. The van der Waals surface area contributed by atoms with E-state index in [0.29, 0.717) is 30.9 Å². The molecule has 0 N–H and O–H groups in total. The van der Waals surface area contributed by atoms with Gasteiger partial charge >= 0.3 is 5.97 Å². The Morgan fingerprint density at radius 1 is 1.05 bits per heavy atom. The lowest BCUT2D eigenvalue weighted by Gasteiger charge is -2.31. The summed E-state index contributed by atoms with van der Waals surface area (Å²) in [6, 6.07) is 10.4. The normalized spacial score (nSPS) is 16.2. The number of anilines is 2. The third-order valence-electron chi connectivity index (χ3n) is 8.15. The number of esters is 1. The van der Waals surface area contributed by atoms with E-state index in [1.807, 2.05) is 36.3 Å². The van der Waals surface area contributed by atoms with Crippen LogP contribution in [0.15, 0.2) is 42.7 Å². The van der Waals surface area contributed by atoms with Crippen molar-refractivity contribution in [1.82, 2.24) is 24.7 Å². The van der Waals surface area contributed by atoms with Crippen molar-refractivity contribution in [3.05, 3.63) is 54.1 Å². The van der Waals surface area contributed by atoms with Gasteiger partial charge in [0.05, 0.1) is 36.6 Å². The Bertz CT molecular complexity index is 1570. The quantitative estimate of drug-likeness (QED) is 0.272. The summed E-state index contributed by atoms with van der Waals surface area (Å²) >= 11 is 0. The van der Waals surface area contributed by atoms with Crippen LogP contribution in [0.5, 0.6) is 0 Å². The van der Waals surface area contributed by atoms with Crippen molar-refractivity contribution in [2.45, 2.75) is 45.6 Å². The van der Waals surface area contributed by atoms with E-state index in [9.17, 15) is 4.79 Å². The highest BCUT2D eigenvalue weighted by atomic mass is 16.5. The second kappa shape index (κ2) is 12.6. The molecule has 4 aromatic rings. The summed E-state index contributed by atoms with van der Waals surface area (Å²) in [5, 5.41) is 5.95. The number of rotatable bonds is 8. The maximum Gasteiger partial charge on any atom is 0.357 e. The fourth-order valence-corrected chi connectivity index (χ4v) is 5.79.